The van der Waals surface area contributed by atoms with E-state index in [0.29, 0.717) is 0 Å². The third kappa shape index (κ3) is 3.12. The van der Waals surface area contributed by atoms with E-state index >= 15 is 0 Å². The van der Waals surface area contributed by atoms with Crippen molar-refractivity contribution >= 4 is 17.2 Å². The third-order valence-corrected chi connectivity index (χ3v) is 4.65. The molecule has 2 N–H and O–H groups in total. The average Bonchev–Trinajstić information content (AvgIpc) is 2.85. The van der Waals surface area contributed by atoms with Crippen molar-refractivity contribution in [3.05, 3.63) is 21.9 Å². The Labute approximate surface area is 113 Å². The van der Waals surface area contributed by atoms with Crippen LogP contribution in [0.15, 0.2) is 11.4 Å². The Morgan fingerprint density at radius 3 is 3.11 bits per heavy atom. The molecule has 18 heavy (non-hydrogen) atoms. The number of amides is 1. The number of hydrogen-bond acceptors (Lipinski definition) is 3. The van der Waals surface area contributed by atoms with Gasteiger partial charge in [-0.15, -0.1) is 11.3 Å². The van der Waals surface area contributed by atoms with Crippen LogP contribution in [0.5, 0.6) is 0 Å². The quantitative estimate of drug-likeness (QED) is 0.879. The van der Waals surface area contributed by atoms with E-state index in [9.17, 15) is 4.79 Å². The molecular weight excluding hydrogens is 244 g/mol. The van der Waals surface area contributed by atoms with Crippen LogP contribution in [0, 0.1) is 5.41 Å². The number of carbonyl (C=O) groups excluding carboxylic acids is 1. The molecule has 0 bridgehead atoms. The molecule has 4 heteroatoms. The molecule has 1 atom stereocenters. The van der Waals surface area contributed by atoms with Crippen LogP contribution >= 0.6 is 11.3 Å². The zero-order valence-corrected chi connectivity index (χ0v) is 12.0. The maximum atomic E-state index is 12.1. The molecule has 0 aromatic carbocycles. The summed E-state index contributed by atoms with van der Waals surface area (Å²) in [4.78, 5) is 13.0. The van der Waals surface area contributed by atoms with Crippen molar-refractivity contribution in [2.45, 2.75) is 33.1 Å². The molecule has 100 valence electrons. The van der Waals surface area contributed by atoms with Gasteiger partial charge in [0.1, 0.15) is 0 Å². The third-order valence-electron chi connectivity index (χ3n) is 3.70. The number of thiophene rings is 1. The van der Waals surface area contributed by atoms with Crippen molar-refractivity contribution in [1.82, 2.24) is 10.6 Å². The highest BCUT2D eigenvalue weighted by Gasteiger charge is 2.27. The van der Waals surface area contributed by atoms with E-state index in [-0.39, 0.29) is 11.3 Å². The predicted molar refractivity (Wildman–Crippen MR) is 76.2 cm³/mol. The van der Waals surface area contributed by atoms with Crippen molar-refractivity contribution < 1.29 is 4.79 Å². The summed E-state index contributed by atoms with van der Waals surface area (Å²) in [5.41, 5.74) is 1.36. The van der Waals surface area contributed by atoms with E-state index in [1.807, 2.05) is 11.4 Å². The Bertz CT molecular complexity index is 408. The van der Waals surface area contributed by atoms with Gasteiger partial charge in [-0.05, 0) is 48.2 Å². The van der Waals surface area contributed by atoms with E-state index in [4.69, 9.17) is 0 Å². The molecule has 1 aromatic heterocycles. The summed E-state index contributed by atoms with van der Waals surface area (Å²) in [6, 6.07) is 2.05. The van der Waals surface area contributed by atoms with Crippen LogP contribution in [-0.4, -0.2) is 25.5 Å². The van der Waals surface area contributed by atoms with Crippen molar-refractivity contribution in [2.75, 3.05) is 19.6 Å². The van der Waals surface area contributed by atoms with Gasteiger partial charge in [0.15, 0.2) is 0 Å². The molecule has 1 unspecified atom stereocenters. The monoisotopic (exact) mass is 266 g/mol. The highest BCUT2D eigenvalue weighted by atomic mass is 32.1. The molecule has 0 saturated carbocycles. The molecule has 3 nitrogen and oxygen atoms in total. The zero-order valence-electron chi connectivity index (χ0n) is 11.2. The fraction of sp³-hybridized carbons (Fsp3) is 0.643. The van der Waals surface area contributed by atoms with Gasteiger partial charge in [-0.2, -0.15) is 0 Å². The highest BCUT2D eigenvalue weighted by molar-refractivity contribution is 7.12. The maximum absolute atomic E-state index is 12.1. The highest BCUT2D eigenvalue weighted by Crippen LogP contribution is 2.25. The fourth-order valence-electron chi connectivity index (χ4n) is 2.46. The van der Waals surface area contributed by atoms with Crippen molar-refractivity contribution in [3.8, 4) is 0 Å². The molecule has 1 amide bonds. The maximum Gasteiger partial charge on any atom is 0.261 e. The standard InChI is InChI=1S/C14H22N2OS/c1-3-11-5-8-18-12(11)13(17)16-10-14(2)6-4-7-15-9-14/h5,8,15H,3-4,6-7,9-10H2,1-2H3,(H,16,17). The summed E-state index contributed by atoms with van der Waals surface area (Å²) >= 11 is 1.54. The van der Waals surface area contributed by atoms with Crippen LogP contribution in [0.2, 0.25) is 0 Å². The second-order valence-electron chi connectivity index (χ2n) is 5.40. The van der Waals surface area contributed by atoms with Gasteiger partial charge in [-0.1, -0.05) is 13.8 Å². The van der Waals surface area contributed by atoms with E-state index in [0.717, 1.165) is 36.5 Å². The first-order valence-electron chi connectivity index (χ1n) is 6.70. The van der Waals surface area contributed by atoms with Gasteiger partial charge in [0.2, 0.25) is 0 Å². The van der Waals surface area contributed by atoms with Crippen LogP contribution in [0.4, 0.5) is 0 Å². The summed E-state index contributed by atoms with van der Waals surface area (Å²) in [7, 11) is 0. The van der Waals surface area contributed by atoms with Crippen molar-refractivity contribution in [2.24, 2.45) is 5.41 Å². The van der Waals surface area contributed by atoms with Crippen LogP contribution in [0.3, 0.4) is 0 Å². The number of hydrogen-bond donors (Lipinski definition) is 2. The normalized spacial score (nSPS) is 23.9. The van der Waals surface area contributed by atoms with Gasteiger partial charge in [0.05, 0.1) is 4.88 Å². The number of aryl methyl sites for hydroxylation is 1. The number of nitrogens with one attached hydrogen (secondary N) is 2. The summed E-state index contributed by atoms with van der Waals surface area (Å²) < 4.78 is 0. The molecule has 1 aliphatic rings. The number of rotatable bonds is 4. The molecule has 2 heterocycles. The Morgan fingerprint density at radius 2 is 2.44 bits per heavy atom. The molecule has 2 rings (SSSR count). The fourth-order valence-corrected chi connectivity index (χ4v) is 3.37. The van der Waals surface area contributed by atoms with E-state index in [2.05, 4.69) is 24.5 Å². The molecule has 0 spiro atoms. The Hall–Kier alpha value is -0.870. The van der Waals surface area contributed by atoms with Gasteiger partial charge in [0, 0.05) is 13.1 Å². The van der Waals surface area contributed by atoms with E-state index < -0.39 is 0 Å². The Morgan fingerprint density at radius 1 is 1.61 bits per heavy atom. The molecular formula is C14H22N2OS. The van der Waals surface area contributed by atoms with E-state index in [1.165, 1.54) is 12.8 Å². The Balaban J connectivity index is 1.92. The zero-order chi connectivity index (χ0) is 13.0. The lowest BCUT2D eigenvalue weighted by atomic mass is 9.83. The lowest BCUT2D eigenvalue weighted by molar-refractivity contribution is 0.0928. The van der Waals surface area contributed by atoms with Crippen molar-refractivity contribution in [1.29, 1.82) is 0 Å². The summed E-state index contributed by atoms with van der Waals surface area (Å²) in [6.45, 7) is 7.20. The smallest absolute Gasteiger partial charge is 0.261 e. The topological polar surface area (TPSA) is 41.1 Å². The van der Waals surface area contributed by atoms with Crippen LogP contribution in [-0.2, 0) is 6.42 Å². The molecule has 1 fully saturated rings. The van der Waals surface area contributed by atoms with Gasteiger partial charge in [-0.25, -0.2) is 0 Å². The van der Waals surface area contributed by atoms with Crippen LogP contribution in [0.1, 0.15) is 41.9 Å². The predicted octanol–water partition coefficient (Wildman–Crippen LogP) is 2.43. The molecule has 1 aliphatic heterocycles. The van der Waals surface area contributed by atoms with Gasteiger partial charge in [0.25, 0.3) is 5.91 Å². The summed E-state index contributed by atoms with van der Waals surface area (Å²) in [5, 5.41) is 8.51. The second-order valence-corrected chi connectivity index (χ2v) is 6.32. The minimum atomic E-state index is 0.0913. The minimum absolute atomic E-state index is 0.0913. The second kappa shape index (κ2) is 5.85. The van der Waals surface area contributed by atoms with Crippen LogP contribution < -0.4 is 10.6 Å². The first-order valence-corrected chi connectivity index (χ1v) is 7.58. The Kier molecular flexibility index (Phi) is 4.40. The summed E-state index contributed by atoms with van der Waals surface area (Å²) in [6.07, 6.45) is 3.31. The molecule has 1 aromatic rings. The number of carbonyl (C=O) groups is 1. The van der Waals surface area contributed by atoms with Crippen molar-refractivity contribution in [3.63, 3.8) is 0 Å². The average molecular weight is 266 g/mol. The molecule has 1 saturated heterocycles. The lowest BCUT2D eigenvalue weighted by Crippen LogP contribution is -2.45. The largest absolute Gasteiger partial charge is 0.351 e. The minimum Gasteiger partial charge on any atom is -0.351 e. The van der Waals surface area contributed by atoms with Crippen LogP contribution in [0.25, 0.3) is 0 Å². The van der Waals surface area contributed by atoms with Gasteiger partial charge < -0.3 is 10.6 Å². The lowest BCUT2D eigenvalue weighted by Gasteiger charge is -2.34. The molecule has 0 aliphatic carbocycles. The first kappa shape index (κ1) is 13.6. The SMILES string of the molecule is CCc1ccsc1C(=O)NCC1(C)CCCNC1. The van der Waals surface area contributed by atoms with Gasteiger partial charge >= 0.3 is 0 Å². The molecule has 0 radical (unpaired) electrons. The number of piperidine rings is 1. The van der Waals surface area contributed by atoms with E-state index in [1.54, 1.807) is 11.3 Å². The van der Waals surface area contributed by atoms with Gasteiger partial charge in [-0.3, -0.25) is 4.79 Å². The summed E-state index contributed by atoms with van der Waals surface area (Å²) in [5.74, 6) is 0.0913. The first-order chi connectivity index (χ1) is 8.64.